The number of hydrogen-bond donors (Lipinski definition) is 0. The molecular formula is C7H10N. The zero-order chi connectivity index (χ0) is 6.24. The van der Waals surface area contributed by atoms with Gasteiger partial charge in [-0.25, -0.2) is 0 Å². The van der Waals surface area contributed by atoms with E-state index in [0.717, 1.165) is 19.3 Å². The maximum Gasteiger partial charge on any atom is 0.0669 e. The first kappa shape index (κ1) is 7.49. The fourth-order valence-corrected chi connectivity index (χ4v) is 0.398. The van der Waals surface area contributed by atoms with E-state index in [0.29, 0.717) is 0 Å². The molecule has 0 aliphatic heterocycles. The summed E-state index contributed by atoms with van der Waals surface area (Å²) in [4.78, 5) is 0. The summed E-state index contributed by atoms with van der Waals surface area (Å²) in [6.45, 7) is 3.66. The van der Waals surface area contributed by atoms with Crippen LogP contribution in [0, 0.1) is 31.1 Å². The molecule has 0 aliphatic carbocycles. The molecule has 0 heterocycles. The van der Waals surface area contributed by atoms with Gasteiger partial charge < -0.3 is 0 Å². The third kappa shape index (κ3) is 5.49. The van der Waals surface area contributed by atoms with Gasteiger partial charge >= 0.3 is 0 Å². The van der Waals surface area contributed by atoms with Crippen molar-refractivity contribution in [2.24, 2.45) is 0 Å². The van der Waals surface area contributed by atoms with Gasteiger partial charge in [-0.3, -0.25) is 0 Å². The Bertz CT molecular complexity index is 70.9. The molecule has 1 nitrogen and oxygen atoms in total. The standard InChI is InChI=1S/C7H10N/c1-2-3-4-5-6-7-8/h4,6H,1-3,5H2. The van der Waals surface area contributed by atoms with Gasteiger partial charge in [-0.1, -0.05) is 19.8 Å². The van der Waals surface area contributed by atoms with Crippen molar-refractivity contribution in [2.45, 2.75) is 19.3 Å². The first-order valence-corrected chi connectivity index (χ1v) is 2.74. The third-order valence-electron chi connectivity index (χ3n) is 0.784. The first-order chi connectivity index (χ1) is 3.91. The molecule has 0 aromatic carbocycles. The van der Waals surface area contributed by atoms with Gasteiger partial charge in [-0.15, -0.1) is 0 Å². The average Bonchev–Trinajstić information content (AvgIpc) is 1.81. The van der Waals surface area contributed by atoms with E-state index in [1.807, 2.05) is 6.07 Å². The van der Waals surface area contributed by atoms with Crippen LogP contribution in [0.1, 0.15) is 19.3 Å². The molecule has 0 amide bonds. The SMILES string of the molecule is [CH2]CC[CH]C[CH]C#N. The van der Waals surface area contributed by atoms with E-state index in [1.165, 1.54) is 0 Å². The molecule has 43 valence electrons. The number of hydrogen-bond acceptors (Lipinski definition) is 1. The van der Waals surface area contributed by atoms with Crippen molar-refractivity contribution in [1.82, 2.24) is 0 Å². The molecule has 0 saturated carbocycles. The Morgan fingerprint density at radius 3 is 2.88 bits per heavy atom. The first-order valence-electron chi connectivity index (χ1n) is 2.74. The van der Waals surface area contributed by atoms with Gasteiger partial charge in [0.15, 0.2) is 0 Å². The van der Waals surface area contributed by atoms with E-state index in [1.54, 1.807) is 6.42 Å². The van der Waals surface area contributed by atoms with Gasteiger partial charge in [0.05, 0.1) is 12.5 Å². The zero-order valence-electron chi connectivity index (χ0n) is 4.93. The molecule has 0 atom stereocenters. The van der Waals surface area contributed by atoms with Crippen LogP contribution in [0.3, 0.4) is 0 Å². The molecule has 0 saturated heterocycles. The highest BCUT2D eigenvalue weighted by Gasteiger charge is 1.84. The molecule has 0 spiro atoms. The van der Waals surface area contributed by atoms with Gasteiger partial charge in [0, 0.05) is 0 Å². The second-order valence-electron chi connectivity index (χ2n) is 1.50. The topological polar surface area (TPSA) is 23.8 Å². The second kappa shape index (κ2) is 6.49. The van der Waals surface area contributed by atoms with Crippen molar-refractivity contribution >= 4 is 0 Å². The molecule has 0 rings (SSSR count). The summed E-state index contributed by atoms with van der Waals surface area (Å²) >= 11 is 0. The minimum atomic E-state index is 0.798. The lowest BCUT2D eigenvalue weighted by atomic mass is 10.2. The predicted octanol–water partition coefficient (Wildman–Crippen LogP) is 1.92. The molecule has 0 N–H and O–H groups in total. The summed E-state index contributed by atoms with van der Waals surface area (Å²) in [5.41, 5.74) is 0. The number of rotatable bonds is 4. The van der Waals surface area contributed by atoms with E-state index < -0.39 is 0 Å². The highest BCUT2D eigenvalue weighted by molar-refractivity contribution is 4.94. The molecule has 8 heavy (non-hydrogen) atoms. The van der Waals surface area contributed by atoms with Crippen molar-refractivity contribution in [3.63, 3.8) is 0 Å². The number of nitriles is 1. The molecule has 0 bridgehead atoms. The van der Waals surface area contributed by atoms with Gasteiger partial charge in [0.25, 0.3) is 0 Å². The summed E-state index contributed by atoms with van der Waals surface area (Å²) in [7, 11) is 0. The summed E-state index contributed by atoms with van der Waals surface area (Å²) in [5, 5.41) is 8.02. The van der Waals surface area contributed by atoms with Crippen LogP contribution in [-0.2, 0) is 0 Å². The number of nitrogens with zero attached hydrogens (tertiary/aromatic N) is 1. The highest BCUT2D eigenvalue weighted by Crippen LogP contribution is 1.97. The lowest BCUT2D eigenvalue weighted by Gasteiger charge is -1.88. The van der Waals surface area contributed by atoms with Crippen LogP contribution in [0.15, 0.2) is 0 Å². The zero-order valence-corrected chi connectivity index (χ0v) is 4.93. The van der Waals surface area contributed by atoms with Crippen LogP contribution in [0.4, 0.5) is 0 Å². The van der Waals surface area contributed by atoms with Crippen molar-refractivity contribution < 1.29 is 0 Å². The maximum absolute atomic E-state index is 8.02. The van der Waals surface area contributed by atoms with E-state index in [9.17, 15) is 0 Å². The Balaban J connectivity index is 2.65. The summed E-state index contributed by atoms with van der Waals surface area (Å²) in [6.07, 6.45) is 6.37. The molecular weight excluding hydrogens is 98.1 g/mol. The van der Waals surface area contributed by atoms with E-state index in [2.05, 4.69) is 13.3 Å². The van der Waals surface area contributed by atoms with E-state index in [-0.39, 0.29) is 0 Å². The lowest BCUT2D eigenvalue weighted by molar-refractivity contribution is 0.918. The molecule has 0 unspecified atom stereocenters. The van der Waals surface area contributed by atoms with Gasteiger partial charge in [-0.05, 0) is 12.8 Å². The minimum absolute atomic E-state index is 0.798. The molecule has 3 radical (unpaired) electrons. The van der Waals surface area contributed by atoms with Crippen LogP contribution in [0.2, 0.25) is 0 Å². The van der Waals surface area contributed by atoms with Crippen molar-refractivity contribution in [2.75, 3.05) is 0 Å². The summed E-state index contributed by atoms with van der Waals surface area (Å²) in [6, 6.07) is 1.95. The Labute approximate surface area is 51.3 Å². The number of unbranched alkanes of at least 4 members (excludes halogenated alkanes) is 4. The largest absolute Gasteiger partial charge is 0.198 e. The van der Waals surface area contributed by atoms with Crippen molar-refractivity contribution in [3.8, 4) is 6.07 Å². The average molecular weight is 108 g/mol. The Morgan fingerprint density at radius 1 is 1.62 bits per heavy atom. The smallest absolute Gasteiger partial charge is 0.0669 e. The van der Waals surface area contributed by atoms with E-state index in [4.69, 9.17) is 5.26 Å². The van der Waals surface area contributed by atoms with Crippen LogP contribution < -0.4 is 0 Å². The van der Waals surface area contributed by atoms with Crippen LogP contribution in [0.5, 0.6) is 0 Å². The highest BCUT2D eigenvalue weighted by atomic mass is 14.2. The van der Waals surface area contributed by atoms with Crippen LogP contribution in [-0.4, -0.2) is 0 Å². The van der Waals surface area contributed by atoms with Crippen LogP contribution in [0.25, 0.3) is 0 Å². The fraction of sp³-hybridized carbons (Fsp3) is 0.429. The molecule has 0 aromatic rings. The molecule has 0 aliphatic rings. The Hall–Kier alpha value is -0.510. The van der Waals surface area contributed by atoms with Crippen LogP contribution >= 0.6 is 0 Å². The monoisotopic (exact) mass is 108 g/mol. The Kier molecular flexibility index (Phi) is 6.08. The molecule has 1 heteroatoms. The van der Waals surface area contributed by atoms with Gasteiger partial charge in [0.1, 0.15) is 0 Å². The second-order valence-corrected chi connectivity index (χ2v) is 1.50. The fourth-order valence-electron chi connectivity index (χ4n) is 0.398. The normalized spacial score (nSPS) is 8.50. The summed E-state index contributed by atoms with van der Waals surface area (Å²) in [5.74, 6) is 0. The lowest BCUT2D eigenvalue weighted by Crippen LogP contribution is -1.75. The third-order valence-corrected chi connectivity index (χ3v) is 0.784. The Morgan fingerprint density at radius 2 is 2.38 bits per heavy atom. The quantitative estimate of drug-likeness (QED) is 0.505. The van der Waals surface area contributed by atoms with Gasteiger partial charge in [-0.2, -0.15) is 5.26 Å². The minimum Gasteiger partial charge on any atom is -0.198 e. The summed E-state index contributed by atoms with van der Waals surface area (Å²) < 4.78 is 0. The predicted molar refractivity (Wildman–Crippen MR) is 33.4 cm³/mol. The van der Waals surface area contributed by atoms with Crippen molar-refractivity contribution in [1.29, 1.82) is 5.26 Å². The van der Waals surface area contributed by atoms with Crippen molar-refractivity contribution in [3.05, 3.63) is 19.8 Å². The molecule has 0 aromatic heterocycles. The maximum atomic E-state index is 8.02. The molecule has 0 fully saturated rings. The van der Waals surface area contributed by atoms with E-state index >= 15 is 0 Å². The van der Waals surface area contributed by atoms with Gasteiger partial charge in [0.2, 0.25) is 0 Å².